The van der Waals surface area contributed by atoms with E-state index in [-0.39, 0.29) is 19.0 Å². The van der Waals surface area contributed by atoms with E-state index in [1.54, 1.807) is 7.05 Å². The van der Waals surface area contributed by atoms with Gasteiger partial charge in [-0.05, 0) is 25.2 Å². The van der Waals surface area contributed by atoms with Crippen molar-refractivity contribution in [1.29, 1.82) is 0 Å². The van der Waals surface area contributed by atoms with Crippen molar-refractivity contribution >= 4 is 18.3 Å². The van der Waals surface area contributed by atoms with Crippen LogP contribution in [-0.4, -0.2) is 47.8 Å². The predicted octanol–water partition coefficient (Wildman–Crippen LogP) is 3.62. The number of amides is 1. The van der Waals surface area contributed by atoms with E-state index < -0.39 is 40.8 Å². The number of nitrogens with one attached hydrogen (secondary N) is 1. The van der Waals surface area contributed by atoms with E-state index >= 15 is 0 Å². The number of halogens is 7. The number of benzene rings is 1. The second-order valence-corrected chi connectivity index (χ2v) is 5.69. The molecule has 28 heavy (non-hydrogen) atoms. The minimum Gasteiger partial charge on any atom is -0.340 e. The number of alkyl halides is 6. The Labute approximate surface area is 162 Å². The molecular formula is C16H17ClF6N4O. The topological polar surface area (TPSA) is 50.2 Å². The minimum atomic E-state index is -5.00. The third kappa shape index (κ3) is 5.16. The third-order valence-electron chi connectivity index (χ3n) is 3.73. The minimum absolute atomic E-state index is 0. The molecule has 156 valence electrons. The summed E-state index contributed by atoms with van der Waals surface area (Å²) in [4.78, 5) is 13.4. The Bertz CT molecular complexity index is 818. The van der Waals surface area contributed by atoms with Crippen LogP contribution < -0.4 is 5.32 Å². The van der Waals surface area contributed by atoms with Crippen LogP contribution >= 0.6 is 12.4 Å². The van der Waals surface area contributed by atoms with Crippen LogP contribution in [0.3, 0.4) is 0 Å². The normalized spacial score (nSPS) is 11.9. The average Bonchev–Trinajstić information content (AvgIpc) is 3.03. The van der Waals surface area contributed by atoms with Crippen LogP contribution in [-0.2, 0) is 12.4 Å². The molecule has 1 aromatic carbocycles. The maximum Gasteiger partial charge on any atom is 0.434 e. The van der Waals surface area contributed by atoms with Gasteiger partial charge in [0.1, 0.15) is 0 Å². The number of likely N-dealkylation sites (N-methyl/N-ethyl adjacent to an activating group) is 2. The van der Waals surface area contributed by atoms with Gasteiger partial charge < -0.3 is 10.2 Å². The number of rotatable bonds is 5. The summed E-state index contributed by atoms with van der Waals surface area (Å²) >= 11 is 0. The molecule has 2 rings (SSSR count). The molecule has 0 aliphatic heterocycles. The Morgan fingerprint density at radius 3 is 2.36 bits per heavy atom. The van der Waals surface area contributed by atoms with Gasteiger partial charge in [-0.2, -0.15) is 31.4 Å². The van der Waals surface area contributed by atoms with Gasteiger partial charge in [0.05, 0.1) is 23.0 Å². The van der Waals surface area contributed by atoms with Gasteiger partial charge >= 0.3 is 12.4 Å². The highest BCUT2D eigenvalue weighted by molar-refractivity contribution is 5.95. The fourth-order valence-corrected chi connectivity index (χ4v) is 2.37. The SMILES string of the molecule is CNCCN(C)C(=O)c1cnn(-c2cccc(C(F)(F)F)c2)c1C(F)(F)F.Cl. The maximum atomic E-state index is 13.6. The van der Waals surface area contributed by atoms with Gasteiger partial charge in [-0.3, -0.25) is 4.79 Å². The standard InChI is InChI=1S/C16H16F6N4O.ClH/c1-23-6-7-25(2)14(27)12-9-24-26(13(12)16(20,21)22)11-5-3-4-10(8-11)15(17,18)19;/h3-5,8-9,23H,6-7H2,1-2H3;1H. The quantitative estimate of drug-likeness (QED) is 0.737. The number of aromatic nitrogens is 2. The molecule has 1 heterocycles. The van der Waals surface area contributed by atoms with Crippen molar-refractivity contribution in [1.82, 2.24) is 20.0 Å². The molecule has 0 radical (unpaired) electrons. The first-order chi connectivity index (χ1) is 12.5. The van der Waals surface area contributed by atoms with Crippen molar-refractivity contribution in [3.63, 3.8) is 0 Å². The zero-order valence-corrected chi connectivity index (χ0v) is 15.5. The molecule has 0 fully saturated rings. The summed E-state index contributed by atoms with van der Waals surface area (Å²) in [5, 5.41) is 6.28. The zero-order chi connectivity index (χ0) is 20.4. The van der Waals surface area contributed by atoms with Gasteiger partial charge in [-0.25, -0.2) is 4.68 Å². The van der Waals surface area contributed by atoms with E-state index in [0.29, 0.717) is 23.5 Å². The van der Waals surface area contributed by atoms with Gasteiger partial charge in [0, 0.05) is 20.1 Å². The monoisotopic (exact) mass is 430 g/mol. The second kappa shape index (κ2) is 8.82. The van der Waals surface area contributed by atoms with Crippen molar-refractivity contribution in [3.8, 4) is 5.69 Å². The summed E-state index contributed by atoms with van der Waals surface area (Å²) in [5.74, 6) is -0.934. The molecule has 0 saturated carbocycles. The molecule has 2 aromatic rings. The summed E-state index contributed by atoms with van der Waals surface area (Å²) in [6.45, 7) is 0.493. The Balaban J connectivity index is 0.00000392. The lowest BCUT2D eigenvalue weighted by Crippen LogP contribution is -2.34. The largest absolute Gasteiger partial charge is 0.434 e. The van der Waals surface area contributed by atoms with E-state index in [2.05, 4.69) is 10.4 Å². The molecule has 1 aromatic heterocycles. The highest BCUT2D eigenvalue weighted by Crippen LogP contribution is 2.35. The first-order valence-electron chi connectivity index (χ1n) is 7.69. The highest BCUT2D eigenvalue weighted by Gasteiger charge is 2.41. The van der Waals surface area contributed by atoms with E-state index in [1.165, 1.54) is 7.05 Å². The summed E-state index contributed by atoms with van der Waals surface area (Å²) in [5.41, 5.74) is -3.74. The van der Waals surface area contributed by atoms with Crippen LogP contribution in [0.5, 0.6) is 0 Å². The zero-order valence-electron chi connectivity index (χ0n) is 14.7. The lowest BCUT2D eigenvalue weighted by Gasteiger charge is -2.18. The van der Waals surface area contributed by atoms with E-state index in [0.717, 1.165) is 23.1 Å². The number of carbonyl (C=O) groups excluding carboxylic acids is 1. The van der Waals surface area contributed by atoms with Gasteiger partial charge in [0.25, 0.3) is 5.91 Å². The summed E-state index contributed by atoms with van der Waals surface area (Å²) in [6.07, 6.45) is -9.02. The third-order valence-corrected chi connectivity index (χ3v) is 3.73. The van der Waals surface area contributed by atoms with Crippen molar-refractivity contribution in [2.45, 2.75) is 12.4 Å². The van der Waals surface area contributed by atoms with E-state index in [9.17, 15) is 31.1 Å². The molecule has 0 bridgehead atoms. The molecule has 0 aliphatic rings. The molecule has 0 spiro atoms. The van der Waals surface area contributed by atoms with E-state index in [4.69, 9.17) is 0 Å². The van der Waals surface area contributed by atoms with Gasteiger partial charge in [-0.1, -0.05) is 6.07 Å². The van der Waals surface area contributed by atoms with Crippen LogP contribution in [0.15, 0.2) is 30.5 Å². The maximum absolute atomic E-state index is 13.6. The van der Waals surface area contributed by atoms with Gasteiger partial charge in [0.15, 0.2) is 5.69 Å². The molecule has 5 nitrogen and oxygen atoms in total. The number of hydrogen-bond donors (Lipinski definition) is 1. The fourth-order valence-electron chi connectivity index (χ4n) is 2.37. The Kier molecular flexibility index (Phi) is 7.49. The van der Waals surface area contributed by atoms with Crippen LogP contribution in [0.4, 0.5) is 26.3 Å². The van der Waals surface area contributed by atoms with Crippen LogP contribution in [0, 0.1) is 0 Å². The molecular weight excluding hydrogens is 414 g/mol. The first kappa shape index (κ1) is 23.8. The lowest BCUT2D eigenvalue weighted by molar-refractivity contribution is -0.143. The molecule has 0 atom stereocenters. The number of hydrogen-bond acceptors (Lipinski definition) is 3. The van der Waals surface area contributed by atoms with Crippen LogP contribution in [0.25, 0.3) is 5.69 Å². The van der Waals surface area contributed by atoms with Crippen LogP contribution in [0.1, 0.15) is 21.6 Å². The van der Waals surface area contributed by atoms with Crippen molar-refractivity contribution < 1.29 is 31.1 Å². The highest BCUT2D eigenvalue weighted by atomic mass is 35.5. The van der Waals surface area contributed by atoms with E-state index in [1.807, 2.05) is 0 Å². The Hall–Kier alpha value is -2.27. The molecule has 12 heteroatoms. The number of carbonyl (C=O) groups is 1. The second-order valence-electron chi connectivity index (χ2n) is 5.69. The molecule has 0 unspecified atom stereocenters. The molecule has 1 amide bonds. The van der Waals surface area contributed by atoms with Crippen molar-refractivity contribution in [2.24, 2.45) is 0 Å². The fraction of sp³-hybridized carbons (Fsp3) is 0.375. The van der Waals surface area contributed by atoms with Crippen LogP contribution in [0.2, 0.25) is 0 Å². The first-order valence-corrected chi connectivity index (χ1v) is 7.69. The Morgan fingerprint density at radius 1 is 1.18 bits per heavy atom. The van der Waals surface area contributed by atoms with Crippen molar-refractivity contribution in [2.75, 3.05) is 27.2 Å². The molecule has 0 saturated heterocycles. The summed E-state index contributed by atoms with van der Waals surface area (Å²) in [6, 6.07) is 3.30. The predicted molar refractivity (Wildman–Crippen MR) is 91.7 cm³/mol. The average molecular weight is 431 g/mol. The lowest BCUT2D eigenvalue weighted by atomic mass is 10.1. The summed E-state index contributed by atoms with van der Waals surface area (Å²) in [7, 11) is 2.94. The molecule has 1 N–H and O–H groups in total. The van der Waals surface area contributed by atoms with Gasteiger partial charge in [0.2, 0.25) is 0 Å². The van der Waals surface area contributed by atoms with Crippen molar-refractivity contribution in [3.05, 3.63) is 47.3 Å². The van der Waals surface area contributed by atoms with Gasteiger partial charge in [-0.15, -0.1) is 12.4 Å². The Morgan fingerprint density at radius 2 is 1.82 bits per heavy atom. The number of nitrogens with zero attached hydrogens (tertiary/aromatic N) is 3. The molecule has 0 aliphatic carbocycles. The summed E-state index contributed by atoms with van der Waals surface area (Å²) < 4.78 is 79.6. The smallest absolute Gasteiger partial charge is 0.340 e.